The molecule has 3 heterocycles. The average molecular weight is 292 g/mol. The molecule has 2 aromatic rings. The van der Waals surface area contributed by atoms with Crippen LogP contribution in [0.1, 0.15) is 5.69 Å². The van der Waals surface area contributed by atoms with Gasteiger partial charge in [0.15, 0.2) is 11.4 Å². The lowest BCUT2D eigenvalue weighted by Crippen LogP contribution is -2.40. The zero-order chi connectivity index (χ0) is 15.2. The van der Waals surface area contributed by atoms with E-state index in [0.717, 1.165) is 0 Å². The van der Waals surface area contributed by atoms with Crippen LogP contribution in [0, 0.1) is 0 Å². The Hall–Kier alpha value is -2.00. The summed E-state index contributed by atoms with van der Waals surface area (Å²) < 4.78 is 7.15. The summed E-state index contributed by atoms with van der Waals surface area (Å²) in [4.78, 5) is 3.89. The number of hydrogen-bond acceptors (Lipinski definition) is 7. The van der Waals surface area contributed by atoms with E-state index in [4.69, 9.17) is 10.5 Å². The first-order valence-corrected chi connectivity index (χ1v) is 6.42. The first-order valence-electron chi connectivity index (χ1n) is 6.42. The van der Waals surface area contributed by atoms with E-state index < -0.39 is 30.5 Å². The molecule has 1 aliphatic heterocycles. The Bertz CT molecular complexity index is 688. The molecule has 3 rings (SSSR count). The van der Waals surface area contributed by atoms with Gasteiger partial charge in [0.1, 0.15) is 30.2 Å². The first kappa shape index (κ1) is 14.0. The highest BCUT2D eigenvalue weighted by Gasteiger charge is 2.54. The molecule has 0 bridgehead atoms. The quantitative estimate of drug-likeness (QED) is 0.524. The SMILES string of the molecule is C=C[C@@]1(c2ccc3c(N)ncnn23)O[C@H](CO)[C@@H](O)[C@H]1O. The van der Waals surface area contributed by atoms with E-state index in [1.807, 2.05) is 0 Å². The number of anilines is 1. The van der Waals surface area contributed by atoms with E-state index in [2.05, 4.69) is 16.7 Å². The van der Waals surface area contributed by atoms with Crippen molar-refractivity contribution in [1.29, 1.82) is 0 Å². The van der Waals surface area contributed by atoms with Crippen molar-refractivity contribution in [3.05, 3.63) is 36.8 Å². The maximum Gasteiger partial charge on any atom is 0.157 e. The Labute approximate surface area is 120 Å². The molecule has 0 spiro atoms. The number of aromatic nitrogens is 3. The second-order valence-electron chi connectivity index (χ2n) is 4.93. The average Bonchev–Trinajstić information content (AvgIpc) is 3.03. The van der Waals surface area contributed by atoms with E-state index >= 15 is 0 Å². The zero-order valence-electron chi connectivity index (χ0n) is 11.1. The van der Waals surface area contributed by atoms with Crippen LogP contribution in [0.15, 0.2) is 31.1 Å². The third-order valence-electron chi connectivity index (χ3n) is 3.86. The number of ether oxygens (including phenoxy) is 1. The molecule has 0 radical (unpaired) electrons. The normalized spacial score (nSPS) is 32.6. The van der Waals surface area contributed by atoms with E-state index in [0.29, 0.717) is 11.2 Å². The molecule has 0 aliphatic carbocycles. The highest BCUT2D eigenvalue weighted by atomic mass is 16.6. The highest BCUT2D eigenvalue weighted by Crippen LogP contribution is 2.41. The van der Waals surface area contributed by atoms with Gasteiger partial charge in [-0.05, 0) is 12.1 Å². The number of aliphatic hydroxyl groups is 3. The van der Waals surface area contributed by atoms with Crippen molar-refractivity contribution < 1.29 is 20.1 Å². The largest absolute Gasteiger partial charge is 0.394 e. The minimum atomic E-state index is -1.39. The Morgan fingerprint density at radius 3 is 2.86 bits per heavy atom. The summed E-state index contributed by atoms with van der Waals surface area (Å²) in [5.74, 6) is 0.280. The maximum absolute atomic E-state index is 10.4. The summed E-state index contributed by atoms with van der Waals surface area (Å²) in [7, 11) is 0. The fourth-order valence-electron chi connectivity index (χ4n) is 2.73. The second-order valence-corrected chi connectivity index (χ2v) is 4.93. The molecule has 1 aliphatic rings. The summed E-state index contributed by atoms with van der Waals surface area (Å²) in [6.07, 6.45) is -0.775. The Balaban J connectivity index is 2.19. The predicted octanol–water partition coefficient (Wildman–Crippen LogP) is -1.19. The van der Waals surface area contributed by atoms with Gasteiger partial charge in [0.25, 0.3) is 0 Å². The Kier molecular flexibility index (Phi) is 3.18. The van der Waals surface area contributed by atoms with Crippen LogP contribution in [-0.4, -0.2) is 54.8 Å². The topological polar surface area (TPSA) is 126 Å². The fraction of sp³-hybridized carbons (Fsp3) is 0.385. The van der Waals surface area contributed by atoms with Gasteiger partial charge in [0.05, 0.1) is 12.3 Å². The maximum atomic E-state index is 10.4. The van der Waals surface area contributed by atoms with Gasteiger partial charge in [-0.15, -0.1) is 0 Å². The molecule has 0 amide bonds. The Morgan fingerprint density at radius 2 is 2.24 bits per heavy atom. The number of hydrogen-bond donors (Lipinski definition) is 4. The molecule has 112 valence electrons. The van der Waals surface area contributed by atoms with Crippen molar-refractivity contribution in [1.82, 2.24) is 14.6 Å². The summed E-state index contributed by atoms with van der Waals surface area (Å²) in [5.41, 5.74) is 5.38. The first-order chi connectivity index (χ1) is 10.0. The monoisotopic (exact) mass is 292 g/mol. The molecule has 5 N–H and O–H groups in total. The van der Waals surface area contributed by atoms with Crippen LogP contribution in [0.25, 0.3) is 5.52 Å². The van der Waals surface area contributed by atoms with Gasteiger partial charge in [-0.2, -0.15) is 5.10 Å². The minimum absolute atomic E-state index is 0.280. The van der Waals surface area contributed by atoms with Crippen LogP contribution in [0.4, 0.5) is 5.82 Å². The van der Waals surface area contributed by atoms with Crippen molar-refractivity contribution in [2.24, 2.45) is 0 Å². The third kappa shape index (κ3) is 1.77. The van der Waals surface area contributed by atoms with Crippen LogP contribution in [0.3, 0.4) is 0 Å². The van der Waals surface area contributed by atoms with Crippen LogP contribution in [-0.2, 0) is 10.3 Å². The smallest absolute Gasteiger partial charge is 0.157 e. The summed E-state index contributed by atoms with van der Waals surface area (Å²) in [5, 5.41) is 33.7. The van der Waals surface area contributed by atoms with Gasteiger partial charge >= 0.3 is 0 Å². The number of nitrogen functional groups attached to an aromatic ring is 1. The number of fused-ring (bicyclic) bond motifs is 1. The van der Waals surface area contributed by atoms with E-state index in [-0.39, 0.29) is 5.82 Å². The molecule has 0 aromatic carbocycles. The van der Waals surface area contributed by atoms with Crippen LogP contribution < -0.4 is 5.73 Å². The van der Waals surface area contributed by atoms with E-state index in [9.17, 15) is 15.3 Å². The number of nitrogens with zero attached hydrogens (tertiary/aromatic N) is 3. The molecule has 0 unspecified atom stereocenters. The lowest BCUT2D eigenvalue weighted by atomic mass is 9.91. The van der Waals surface area contributed by atoms with Crippen molar-refractivity contribution >= 4 is 11.3 Å². The summed E-state index contributed by atoms with van der Waals surface area (Å²) in [6.45, 7) is 3.27. The van der Waals surface area contributed by atoms with Gasteiger partial charge in [-0.1, -0.05) is 12.7 Å². The molecule has 2 aromatic heterocycles. The van der Waals surface area contributed by atoms with Gasteiger partial charge in [-0.25, -0.2) is 9.50 Å². The van der Waals surface area contributed by atoms with Gasteiger partial charge in [0, 0.05) is 0 Å². The molecular formula is C13H16N4O4. The molecular weight excluding hydrogens is 276 g/mol. The third-order valence-corrected chi connectivity index (χ3v) is 3.86. The lowest BCUT2D eigenvalue weighted by molar-refractivity contribution is -0.0691. The van der Waals surface area contributed by atoms with Crippen molar-refractivity contribution in [3.63, 3.8) is 0 Å². The van der Waals surface area contributed by atoms with Crippen LogP contribution in [0.5, 0.6) is 0 Å². The van der Waals surface area contributed by atoms with Crippen LogP contribution in [0.2, 0.25) is 0 Å². The highest BCUT2D eigenvalue weighted by molar-refractivity contribution is 5.66. The van der Waals surface area contributed by atoms with E-state index in [1.165, 1.54) is 16.9 Å². The summed E-state index contributed by atoms with van der Waals surface area (Å²) >= 11 is 0. The van der Waals surface area contributed by atoms with Gasteiger partial charge in [0.2, 0.25) is 0 Å². The molecule has 21 heavy (non-hydrogen) atoms. The number of aliphatic hydroxyl groups excluding tert-OH is 3. The number of nitrogens with two attached hydrogens (primary N) is 1. The van der Waals surface area contributed by atoms with Crippen LogP contribution >= 0.6 is 0 Å². The number of rotatable bonds is 3. The van der Waals surface area contributed by atoms with Gasteiger partial charge < -0.3 is 25.8 Å². The fourth-order valence-corrected chi connectivity index (χ4v) is 2.73. The molecule has 1 saturated heterocycles. The molecule has 8 nitrogen and oxygen atoms in total. The molecule has 0 saturated carbocycles. The summed E-state index contributed by atoms with van der Waals surface area (Å²) in [6, 6.07) is 3.35. The predicted molar refractivity (Wildman–Crippen MR) is 73.2 cm³/mol. The lowest BCUT2D eigenvalue weighted by Gasteiger charge is -2.28. The van der Waals surface area contributed by atoms with Crippen molar-refractivity contribution in [3.8, 4) is 0 Å². The Morgan fingerprint density at radius 1 is 1.48 bits per heavy atom. The zero-order valence-corrected chi connectivity index (χ0v) is 11.1. The molecule has 8 heteroatoms. The second kappa shape index (κ2) is 4.78. The standard InChI is InChI=1S/C13H16N4O4/c1-2-13(11(20)10(19)8(5-18)21-13)9-4-3-7-12(14)15-6-16-17(7)9/h2-4,6,8,10-11,18-20H,1,5H2,(H2,14,15,16)/t8-,10-,11-,13+/m1/s1. The molecule has 4 atom stereocenters. The minimum Gasteiger partial charge on any atom is -0.394 e. The van der Waals surface area contributed by atoms with Crippen molar-refractivity contribution in [2.45, 2.75) is 23.9 Å². The van der Waals surface area contributed by atoms with Gasteiger partial charge in [-0.3, -0.25) is 0 Å². The molecule has 1 fully saturated rings. The van der Waals surface area contributed by atoms with E-state index in [1.54, 1.807) is 12.1 Å². The van der Waals surface area contributed by atoms with Crippen molar-refractivity contribution in [2.75, 3.05) is 12.3 Å².